The molecule has 0 atom stereocenters. The predicted molar refractivity (Wildman–Crippen MR) is 84.0 cm³/mol. The number of pyridine rings is 1. The Bertz CT molecular complexity index is 783. The van der Waals surface area contributed by atoms with Crippen molar-refractivity contribution in [1.29, 1.82) is 0 Å². The molecule has 5 nitrogen and oxygen atoms in total. The molecule has 0 aliphatic heterocycles. The van der Waals surface area contributed by atoms with E-state index >= 15 is 0 Å². The number of fused-ring (bicyclic) bond motifs is 1. The first-order chi connectivity index (χ1) is 9.66. The zero-order valence-electron chi connectivity index (χ0n) is 13.0. The van der Waals surface area contributed by atoms with Crippen molar-refractivity contribution in [2.45, 2.75) is 46.5 Å². The molecule has 2 aromatic rings. The fourth-order valence-electron chi connectivity index (χ4n) is 2.45. The molecule has 5 heteroatoms. The smallest absolute Gasteiger partial charge is 0.293 e. The highest BCUT2D eigenvalue weighted by molar-refractivity contribution is 5.88. The van der Waals surface area contributed by atoms with E-state index in [2.05, 4.69) is 4.98 Å². The maximum Gasteiger partial charge on any atom is 0.293 e. The van der Waals surface area contributed by atoms with Crippen molar-refractivity contribution in [3.63, 3.8) is 0 Å². The second kappa shape index (κ2) is 4.98. The van der Waals surface area contributed by atoms with Gasteiger partial charge in [0, 0.05) is 17.3 Å². The lowest BCUT2D eigenvalue weighted by molar-refractivity contribution is -0.383. The van der Waals surface area contributed by atoms with E-state index in [1.54, 1.807) is 19.1 Å². The number of hydrogen-bond donors (Lipinski definition) is 1. The van der Waals surface area contributed by atoms with E-state index in [1.165, 1.54) is 0 Å². The van der Waals surface area contributed by atoms with Gasteiger partial charge in [0.1, 0.15) is 5.52 Å². The molecule has 1 aromatic carbocycles. The lowest BCUT2D eigenvalue weighted by atomic mass is 9.85. The minimum Gasteiger partial charge on any atom is -0.352 e. The SMILES string of the molecule is CCc1[nH]c2c([N+](=O)[O-])cc(C(C)(C)C)cc2c(=O)c1C. The van der Waals surface area contributed by atoms with Crippen molar-refractivity contribution in [3.8, 4) is 0 Å². The highest BCUT2D eigenvalue weighted by atomic mass is 16.6. The molecule has 0 amide bonds. The van der Waals surface area contributed by atoms with Gasteiger partial charge in [0.05, 0.1) is 10.3 Å². The summed E-state index contributed by atoms with van der Waals surface area (Å²) in [7, 11) is 0. The number of nitro groups is 1. The summed E-state index contributed by atoms with van der Waals surface area (Å²) >= 11 is 0. The first-order valence-electron chi connectivity index (χ1n) is 7.01. The van der Waals surface area contributed by atoms with Gasteiger partial charge in [-0.15, -0.1) is 0 Å². The molecule has 0 aliphatic rings. The molecule has 0 spiro atoms. The van der Waals surface area contributed by atoms with E-state index < -0.39 is 4.92 Å². The molecule has 0 saturated carbocycles. The van der Waals surface area contributed by atoms with Crippen molar-refractivity contribution in [3.05, 3.63) is 49.3 Å². The number of aromatic amines is 1. The maximum atomic E-state index is 12.5. The second-order valence-corrected chi connectivity index (χ2v) is 6.34. The third-order valence-corrected chi connectivity index (χ3v) is 3.85. The van der Waals surface area contributed by atoms with Crippen LogP contribution < -0.4 is 5.43 Å². The molecule has 1 N–H and O–H groups in total. The van der Waals surface area contributed by atoms with Crippen LogP contribution in [0.25, 0.3) is 10.9 Å². The van der Waals surface area contributed by atoms with Gasteiger partial charge in [0.2, 0.25) is 0 Å². The molecule has 0 fully saturated rings. The molecule has 0 radical (unpaired) electrons. The summed E-state index contributed by atoms with van der Waals surface area (Å²) in [5.41, 5.74) is 2.06. The Morgan fingerprint density at radius 2 is 1.90 bits per heavy atom. The minimum atomic E-state index is -0.428. The lowest BCUT2D eigenvalue weighted by Crippen LogP contribution is -2.16. The third-order valence-electron chi connectivity index (χ3n) is 3.85. The fraction of sp³-hybridized carbons (Fsp3) is 0.438. The van der Waals surface area contributed by atoms with Crippen molar-refractivity contribution in [1.82, 2.24) is 4.98 Å². The predicted octanol–water partition coefficient (Wildman–Crippen LogP) is 3.60. The number of benzene rings is 1. The number of rotatable bonds is 2. The number of nitro benzene ring substituents is 1. The first-order valence-corrected chi connectivity index (χ1v) is 7.01. The van der Waals surface area contributed by atoms with Crippen LogP contribution in [0.15, 0.2) is 16.9 Å². The molecular weight excluding hydrogens is 268 g/mol. The monoisotopic (exact) mass is 288 g/mol. The van der Waals surface area contributed by atoms with Crippen molar-refractivity contribution in [2.75, 3.05) is 0 Å². The van der Waals surface area contributed by atoms with Gasteiger partial charge in [0.25, 0.3) is 5.69 Å². The van der Waals surface area contributed by atoms with Crippen LogP contribution in [-0.4, -0.2) is 9.91 Å². The largest absolute Gasteiger partial charge is 0.352 e. The minimum absolute atomic E-state index is 0.0378. The van der Waals surface area contributed by atoms with E-state index in [0.717, 1.165) is 11.3 Å². The van der Waals surface area contributed by atoms with Gasteiger partial charge < -0.3 is 4.98 Å². The van der Waals surface area contributed by atoms with Gasteiger partial charge in [0.15, 0.2) is 5.43 Å². The Labute approximate surface area is 123 Å². The van der Waals surface area contributed by atoms with Crippen molar-refractivity contribution < 1.29 is 4.92 Å². The molecule has 1 heterocycles. The maximum absolute atomic E-state index is 12.5. The van der Waals surface area contributed by atoms with E-state index in [1.807, 2.05) is 27.7 Å². The average Bonchev–Trinajstić information content (AvgIpc) is 2.40. The quantitative estimate of drug-likeness (QED) is 0.677. The van der Waals surface area contributed by atoms with E-state index in [9.17, 15) is 14.9 Å². The van der Waals surface area contributed by atoms with E-state index in [0.29, 0.717) is 22.9 Å². The molecule has 2 rings (SSSR count). The van der Waals surface area contributed by atoms with Crippen LogP contribution in [-0.2, 0) is 11.8 Å². The summed E-state index contributed by atoms with van der Waals surface area (Å²) in [5, 5.41) is 11.8. The van der Waals surface area contributed by atoms with Crippen LogP contribution in [0.5, 0.6) is 0 Å². The fourth-order valence-corrected chi connectivity index (χ4v) is 2.45. The van der Waals surface area contributed by atoms with Gasteiger partial charge in [-0.25, -0.2) is 0 Å². The van der Waals surface area contributed by atoms with Gasteiger partial charge in [-0.1, -0.05) is 27.7 Å². The average molecular weight is 288 g/mol. The summed E-state index contributed by atoms with van der Waals surface area (Å²) in [6, 6.07) is 3.33. The van der Waals surface area contributed by atoms with E-state index in [4.69, 9.17) is 0 Å². The summed E-state index contributed by atoms with van der Waals surface area (Å²) < 4.78 is 0. The normalized spacial score (nSPS) is 11.9. The zero-order chi connectivity index (χ0) is 15.9. The first kappa shape index (κ1) is 15.2. The summed E-state index contributed by atoms with van der Waals surface area (Å²) in [4.78, 5) is 26.5. The molecule has 0 aliphatic carbocycles. The molecule has 0 unspecified atom stereocenters. The van der Waals surface area contributed by atoms with Crippen LogP contribution >= 0.6 is 0 Å². The Morgan fingerprint density at radius 1 is 1.29 bits per heavy atom. The number of nitrogens with one attached hydrogen (secondary N) is 1. The highest BCUT2D eigenvalue weighted by Gasteiger charge is 2.23. The second-order valence-electron chi connectivity index (χ2n) is 6.34. The highest BCUT2D eigenvalue weighted by Crippen LogP contribution is 2.31. The van der Waals surface area contributed by atoms with Crippen LogP contribution in [0, 0.1) is 17.0 Å². The number of nitrogens with zero attached hydrogens (tertiary/aromatic N) is 1. The van der Waals surface area contributed by atoms with Gasteiger partial charge >= 0.3 is 0 Å². The third kappa shape index (κ3) is 2.55. The van der Waals surface area contributed by atoms with Crippen LogP contribution in [0.4, 0.5) is 5.69 Å². The molecule has 1 aromatic heterocycles. The molecule has 0 saturated heterocycles. The standard InChI is InChI=1S/C16H20N2O3/c1-6-12-9(2)15(19)11-7-10(16(3,4)5)8-13(18(20)21)14(11)17-12/h7-8H,6H2,1-5H3,(H,17,19). The van der Waals surface area contributed by atoms with Gasteiger partial charge in [-0.05, 0) is 30.4 Å². The molecule has 0 bridgehead atoms. The van der Waals surface area contributed by atoms with Gasteiger partial charge in [-0.2, -0.15) is 0 Å². The Hall–Kier alpha value is -2.17. The Balaban J connectivity index is 3.00. The zero-order valence-corrected chi connectivity index (χ0v) is 13.0. The molecule has 112 valence electrons. The van der Waals surface area contributed by atoms with Crippen LogP contribution in [0.1, 0.15) is 44.5 Å². The summed E-state index contributed by atoms with van der Waals surface area (Å²) in [6.45, 7) is 9.59. The number of H-pyrrole nitrogens is 1. The summed E-state index contributed by atoms with van der Waals surface area (Å²) in [5.74, 6) is 0. The summed E-state index contributed by atoms with van der Waals surface area (Å²) in [6.07, 6.45) is 0.634. The van der Waals surface area contributed by atoms with Crippen molar-refractivity contribution >= 4 is 16.6 Å². The number of aryl methyl sites for hydroxylation is 1. The lowest BCUT2D eigenvalue weighted by Gasteiger charge is -2.19. The van der Waals surface area contributed by atoms with E-state index in [-0.39, 0.29) is 16.5 Å². The number of hydrogen-bond acceptors (Lipinski definition) is 3. The number of non-ortho nitro benzene ring substituents is 1. The number of aromatic nitrogens is 1. The molecular formula is C16H20N2O3. The van der Waals surface area contributed by atoms with Crippen molar-refractivity contribution in [2.24, 2.45) is 0 Å². The molecule has 21 heavy (non-hydrogen) atoms. The van der Waals surface area contributed by atoms with Crippen LogP contribution in [0.3, 0.4) is 0 Å². The topological polar surface area (TPSA) is 76.0 Å². The van der Waals surface area contributed by atoms with Gasteiger partial charge in [-0.3, -0.25) is 14.9 Å². The van der Waals surface area contributed by atoms with Crippen LogP contribution in [0.2, 0.25) is 0 Å². The Kier molecular flexibility index (Phi) is 3.61. The Morgan fingerprint density at radius 3 is 2.38 bits per heavy atom.